The first-order valence-corrected chi connectivity index (χ1v) is 5.77. The molecule has 0 atom stereocenters. The van der Waals surface area contributed by atoms with Crippen molar-refractivity contribution >= 4 is 17.1 Å². The van der Waals surface area contributed by atoms with Gasteiger partial charge in [-0.1, -0.05) is 13.0 Å². The molecule has 0 saturated carbocycles. The van der Waals surface area contributed by atoms with E-state index >= 15 is 0 Å². The predicted molar refractivity (Wildman–Crippen MR) is 59.4 cm³/mol. The molecule has 2 rings (SSSR count). The molecular formula is C10H15N3S. The van der Waals surface area contributed by atoms with E-state index in [-0.39, 0.29) is 0 Å². The Bertz CT molecular complexity index is 343. The zero-order valence-corrected chi connectivity index (χ0v) is 9.47. The summed E-state index contributed by atoms with van der Waals surface area (Å²) in [5.41, 5.74) is 1.34. The molecule has 0 aromatic carbocycles. The van der Waals surface area contributed by atoms with Crippen molar-refractivity contribution in [3.63, 3.8) is 0 Å². The van der Waals surface area contributed by atoms with Gasteiger partial charge in [0, 0.05) is 19.5 Å². The maximum atomic E-state index is 4.50. The Kier molecular flexibility index (Phi) is 2.93. The smallest absolute Gasteiger partial charge is 0.142 e. The van der Waals surface area contributed by atoms with Crippen molar-refractivity contribution in [2.24, 2.45) is 0 Å². The van der Waals surface area contributed by atoms with Gasteiger partial charge in [0.15, 0.2) is 0 Å². The van der Waals surface area contributed by atoms with Gasteiger partial charge < -0.3 is 4.90 Å². The third-order valence-electron chi connectivity index (χ3n) is 2.40. The molecule has 2 heterocycles. The maximum Gasteiger partial charge on any atom is 0.142 e. The van der Waals surface area contributed by atoms with Crippen molar-refractivity contribution in [2.45, 2.75) is 19.8 Å². The summed E-state index contributed by atoms with van der Waals surface area (Å²) < 4.78 is 4.31. The third-order valence-corrected chi connectivity index (χ3v) is 3.23. The van der Waals surface area contributed by atoms with Crippen LogP contribution >= 0.6 is 11.5 Å². The van der Waals surface area contributed by atoms with Crippen molar-refractivity contribution in [3.8, 4) is 0 Å². The zero-order chi connectivity index (χ0) is 9.97. The van der Waals surface area contributed by atoms with Gasteiger partial charge in [-0.15, -0.1) is 0 Å². The second-order valence-corrected chi connectivity index (χ2v) is 4.38. The van der Waals surface area contributed by atoms with Crippen LogP contribution in [0.5, 0.6) is 0 Å². The molecule has 1 aromatic rings. The van der Waals surface area contributed by atoms with Crippen molar-refractivity contribution in [2.75, 3.05) is 20.1 Å². The third kappa shape index (κ3) is 2.01. The van der Waals surface area contributed by atoms with Crippen LogP contribution in [-0.4, -0.2) is 34.4 Å². The van der Waals surface area contributed by atoms with Gasteiger partial charge in [-0.2, -0.15) is 4.37 Å². The Hall–Kier alpha value is -0.740. The monoisotopic (exact) mass is 209 g/mol. The van der Waals surface area contributed by atoms with E-state index in [1.54, 1.807) is 0 Å². The first-order valence-electron chi connectivity index (χ1n) is 5.00. The summed E-state index contributed by atoms with van der Waals surface area (Å²) in [5, 5.41) is 1.11. The van der Waals surface area contributed by atoms with Gasteiger partial charge in [-0.25, -0.2) is 4.98 Å². The Labute approximate surface area is 88.6 Å². The summed E-state index contributed by atoms with van der Waals surface area (Å²) in [6.07, 6.45) is 4.35. The van der Waals surface area contributed by atoms with Crippen molar-refractivity contribution in [1.82, 2.24) is 14.3 Å². The molecule has 0 aliphatic carbocycles. The molecule has 76 valence electrons. The SMILES string of the molecule is CCc1nsc(C2=CCCN(C)C2)n1. The van der Waals surface area contributed by atoms with E-state index in [1.807, 2.05) is 0 Å². The molecule has 1 aliphatic heterocycles. The molecule has 0 radical (unpaired) electrons. The minimum absolute atomic E-state index is 0.930. The fourth-order valence-corrected chi connectivity index (χ4v) is 2.35. The van der Waals surface area contributed by atoms with Crippen LogP contribution in [-0.2, 0) is 6.42 Å². The van der Waals surface area contributed by atoms with Crippen molar-refractivity contribution in [3.05, 3.63) is 16.9 Å². The minimum Gasteiger partial charge on any atom is -0.302 e. The molecule has 0 amide bonds. The van der Waals surface area contributed by atoms with Gasteiger partial charge >= 0.3 is 0 Å². The maximum absolute atomic E-state index is 4.50. The fourth-order valence-electron chi connectivity index (χ4n) is 1.58. The predicted octanol–water partition coefficient (Wildman–Crippen LogP) is 1.82. The molecule has 1 aliphatic rings. The standard InChI is InChI=1S/C10H15N3S/c1-3-9-11-10(14-12-9)8-5-4-6-13(2)7-8/h5H,3-4,6-7H2,1-2H3. The van der Waals surface area contributed by atoms with Crippen LogP contribution in [0.4, 0.5) is 0 Å². The Morgan fingerprint density at radius 2 is 2.43 bits per heavy atom. The fraction of sp³-hybridized carbons (Fsp3) is 0.600. The van der Waals surface area contributed by atoms with E-state index in [2.05, 4.69) is 34.3 Å². The Morgan fingerprint density at radius 1 is 1.57 bits per heavy atom. The summed E-state index contributed by atoms with van der Waals surface area (Å²) in [7, 11) is 2.15. The Balaban J connectivity index is 2.18. The molecule has 4 heteroatoms. The van der Waals surface area contributed by atoms with E-state index in [9.17, 15) is 0 Å². The van der Waals surface area contributed by atoms with E-state index < -0.39 is 0 Å². The zero-order valence-electron chi connectivity index (χ0n) is 8.66. The largest absolute Gasteiger partial charge is 0.302 e. The summed E-state index contributed by atoms with van der Waals surface area (Å²) >= 11 is 1.53. The summed E-state index contributed by atoms with van der Waals surface area (Å²) in [6.45, 7) is 4.26. The van der Waals surface area contributed by atoms with E-state index in [4.69, 9.17) is 0 Å². The number of aryl methyl sites for hydroxylation is 1. The number of likely N-dealkylation sites (N-methyl/N-ethyl adjacent to an activating group) is 1. The molecule has 1 aromatic heterocycles. The lowest BCUT2D eigenvalue weighted by Crippen LogP contribution is -2.24. The van der Waals surface area contributed by atoms with Crippen molar-refractivity contribution in [1.29, 1.82) is 0 Å². The lowest BCUT2D eigenvalue weighted by molar-refractivity contribution is 0.373. The van der Waals surface area contributed by atoms with Crippen molar-refractivity contribution < 1.29 is 0 Å². The van der Waals surface area contributed by atoms with Gasteiger partial charge in [-0.3, -0.25) is 0 Å². The first kappa shape index (κ1) is 9.80. The van der Waals surface area contributed by atoms with Crippen LogP contribution in [0, 0.1) is 0 Å². The summed E-state index contributed by atoms with van der Waals surface area (Å²) in [5.74, 6) is 0.971. The molecule has 14 heavy (non-hydrogen) atoms. The Morgan fingerprint density at radius 3 is 3.07 bits per heavy atom. The molecular weight excluding hydrogens is 194 g/mol. The van der Waals surface area contributed by atoms with Crippen LogP contribution in [0.2, 0.25) is 0 Å². The van der Waals surface area contributed by atoms with Gasteiger partial charge in [0.25, 0.3) is 0 Å². The number of rotatable bonds is 2. The van der Waals surface area contributed by atoms with E-state index in [1.165, 1.54) is 17.1 Å². The van der Waals surface area contributed by atoms with Gasteiger partial charge in [0.05, 0.1) is 0 Å². The van der Waals surface area contributed by atoms with Crippen LogP contribution in [0.25, 0.3) is 5.57 Å². The van der Waals surface area contributed by atoms with Crippen LogP contribution < -0.4 is 0 Å². The highest BCUT2D eigenvalue weighted by molar-refractivity contribution is 7.06. The molecule has 0 fully saturated rings. The average Bonchev–Trinajstić information content (AvgIpc) is 2.66. The molecule has 3 nitrogen and oxygen atoms in total. The lowest BCUT2D eigenvalue weighted by Gasteiger charge is -2.21. The van der Waals surface area contributed by atoms with Crippen LogP contribution in [0.3, 0.4) is 0 Å². The first-order chi connectivity index (χ1) is 6.79. The van der Waals surface area contributed by atoms with Gasteiger partial charge in [-0.05, 0) is 30.6 Å². The van der Waals surface area contributed by atoms with E-state index in [0.29, 0.717) is 0 Å². The van der Waals surface area contributed by atoms with Gasteiger partial charge in [0.1, 0.15) is 10.8 Å². The van der Waals surface area contributed by atoms with Crippen LogP contribution in [0.1, 0.15) is 24.2 Å². The quantitative estimate of drug-likeness (QED) is 0.744. The number of aromatic nitrogens is 2. The second kappa shape index (κ2) is 4.19. The molecule has 0 saturated heterocycles. The lowest BCUT2D eigenvalue weighted by atomic mass is 10.1. The second-order valence-electron chi connectivity index (χ2n) is 3.63. The molecule has 0 bridgehead atoms. The van der Waals surface area contributed by atoms with Crippen LogP contribution in [0.15, 0.2) is 6.08 Å². The normalized spacial score (nSPS) is 18.3. The van der Waals surface area contributed by atoms with E-state index in [0.717, 1.165) is 36.8 Å². The molecule has 0 spiro atoms. The van der Waals surface area contributed by atoms with Gasteiger partial charge in [0.2, 0.25) is 0 Å². The topological polar surface area (TPSA) is 29.0 Å². The average molecular weight is 209 g/mol. The highest BCUT2D eigenvalue weighted by atomic mass is 32.1. The highest BCUT2D eigenvalue weighted by Crippen LogP contribution is 2.21. The summed E-state index contributed by atoms with van der Waals surface area (Å²) in [4.78, 5) is 6.82. The summed E-state index contributed by atoms with van der Waals surface area (Å²) in [6, 6.07) is 0. The number of hydrogen-bond acceptors (Lipinski definition) is 4. The number of nitrogens with zero attached hydrogens (tertiary/aromatic N) is 3. The minimum atomic E-state index is 0.930. The molecule has 0 N–H and O–H groups in total. The highest BCUT2D eigenvalue weighted by Gasteiger charge is 2.13. The molecule has 0 unspecified atom stereocenters. The number of hydrogen-bond donors (Lipinski definition) is 0.